The van der Waals surface area contributed by atoms with Crippen LogP contribution in [0.25, 0.3) is 0 Å². The zero-order valence-corrected chi connectivity index (χ0v) is 16.5. The molecule has 2 heterocycles. The highest BCUT2D eigenvalue weighted by atomic mass is 16.6. The number of benzene rings is 2. The minimum atomic E-state index is -0.282. The number of fused-ring (bicyclic) bond motifs is 1. The number of carbonyl (C=O) groups is 2. The molecule has 2 aromatic carbocycles. The van der Waals surface area contributed by atoms with E-state index >= 15 is 0 Å². The lowest BCUT2D eigenvalue weighted by Gasteiger charge is -2.19. The minimum Gasteiger partial charge on any atom is -0.457 e. The maximum atomic E-state index is 13.0. The maximum absolute atomic E-state index is 13.0. The Morgan fingerprint density at radius 1 is 0.833 bits per heavy atom. The van der Waals surface area contributed by atoms with Crippen molar-refractivity contribution in [2.24, 2.45) is 5.92 Å². The van der Waals surface area contributed by atoms with E-state index in [9.17, 15) is 9.59 Å². The summed E-state index contributed by atoms with van der Waals surface area (Å²) in [7, 11) is 0. The Labute approximate surface area is 174 Å². The van der Waals surface area contributed by atoms with Crippen molar-refractivity contribution in [3.63, 3.8) is 0 Å². The van der Waals surface area contributed by atoms with Gasteiger partial charge in [-0.05, 0) is 37.1 Å². The lowest BCUT2D eigenvalue weighted by molar-refractivity contribution is -0.123. The number of carbonyl (C=O) groups excluding carboxylic acids is 2. The van der Waals surface area contributed by atoms with Gasteiger partial charge in [0.05, 0.1) is 30.9 Å². The van der Waals surface area contributed by atoms with Crippen LogP contribution in [0, 0.1) is 5.92 Å². The SMILES string of the molecule is O=C(N[C@H]1CO[C@H]2[C@@H]1OC[C@@H]2NC(=O)C1CC1)c1ccccc1Oc1ccccc1. The number of rotatable bonds is 6. The van der Waals surface area contributed by atoms with E-state index in [1.807, 2.05) is 36.4 Å². The number of para-hydroxylation sites is 2. The molecule has 30 heavy (non-hydrogen) atoms. The summed E-state index contributed by atoms with van der Waals surface area (Å²) in [5, 5.41) is 6.05. The highest BCUT2D eigenvalue weighted by Crippen LogP contribution is 2.32. The first-order chi connectivity index (χ1) is 14.7. The number of ether oxygens (including phenoxy) is 3. The summed E-state index contributed by atoms with van der Waals surface area (Å²) >= 11 is 0. The van der Waals surface area contributed by atoms with Gasteiger partial charge in [0.2, 0.25) is 5.91 Å². The van der Waals surface area contributed by atoms with Gasteiger partial charge in [-0.25, -0.2) is 0 Å². The van der Waals surface area contributed by atoms with E-state index in [0.29, 0.717) is 30.3 Å². The van der Waals surface area contributed by atoms with Crippen molar-refractivity contribution < 1.29 is 23.8 Å². The topological polar surface area (TPSA) is 85.9 Å². The van der Waals surface area contributed by atoms with Crippen LogP contribution in [0.1, 0.15) is 23.2 Å². The molecule has 2 amide bonds. The second-order valence-electron chi connectivity index (χ2n) is 7.98. The van der Waals surface area contributed by atoms with Gasteiger partial charge in [-0.3, -0.25) is 9.59 Å². The molecule has 156 valence electrons. The van der Waals surface area contributed by atoms with Crippen LogP contribution in [0.15, 0.2) is 54.6 Å². The molecule has 2 aromatic rings. The molecule has 7 nitrogen and oxygen atoms in total. The summed E-state index contributed by atoms with van der Waals surface area (Å²) in [5.41, 5.74) is 0.446. The molecule has 1 saturated carbocycles. The van der Waals surface area contributed by atoms with E-state index in [1.54, 1.807) is 18.2 Å². The predicted molar refractivity (Wildman–Crippen MR) is 108 cm³/mol. The Balaban J connectivity index is 1.24. The number of hydrogen-bond donors (Lipinski definition) is 2. The maximum Gasteiger partial charge on any atom is 0.255 e. The Morgan fingerprint density at radius 2 is 1.47 bits per heavy atom. The molecule has 2 N–H and O–H groups in total. The summed E-state index contributed by atoms with van der Waals surface area (Å²) in [6, 6.07) is 16.0. The highest BCUT2D eigenvalue weighted by Gasteiger charge is 2.49. The highest BCUT2D eigenvalue weighted by molar-refractivity contribution is 5.97. The Kier molecular flexibility index (Phi) is 5.14. The summed E-state index contributed by atoms with van der Waals surface area (Å²) in [6.45, 7) is 0.743. The molecule has 3 fully saturated rings. The van der Waals surface area contributed by atoms with Crippen molar-refractivity contribution in [2.45, 2.75) is 37.1 Å². The van der Waals surface area contributed by atoms with Crippen molar-refractivity contribution in [3.05, 3.63) is 60.2 Å². The number of nitrogens with one attached hydrogen (secondary N) is 2. The Bertz CT molecular complexity index is 930. The van der Waals surface area contributed by atoms with Crippen LogP contribution in [0.4, 0.5) is 0 Å². The molecular formula is C23H24N2O5. The van der Waals surface area contributed by atoms with Gasteiger partial charge >= 0.3 is 0 Å². The fraction of sp³-hybridized carbons (Fsp3) is 0.391. The molecule has 2 aliphatic heterocycles. The molecule has 0 aromatic heterocycles. The largest absolute Gasteiger partial charge is 0.457 e. The summed E-state index contributed by atoms with van der Waals surface area (Å²) < 4.78 is 17.7. The van der Waals surface area contributed by atoms with Crippen LogP contribution >= 0.6 is 0 Å². The number of hydrogen-bond acceptors (Lipinski definition) is 5. The van der Waals surface area contributed by atoms with Crippen molar-refractivity contribution in [2.75, 3.05) is 13.2 Å². The summed E-state index contributed by atoms with van der Waals surface area (Å²) in [6.07, 6.45) is 1.39. The molecule has 1 aliphatic carbocycles. The fourth-order valence-corrected chi connectivity index (χ4v) is 4.00. The van der Waals surface area contributed by atoms with Crippen LogP contribution < -0.4 is 15.4 Å². The average Bonchev–Trinajstić information content (AvgIpc) is 3.44. The van der Waals surface area contributed by atoms with Gasteiger partial charge in [-0.2, -0.15) is 0 Å². The first-order valence-corrected chi connectivity index (χ1v) is 10.4. The van der Waals surface area contributed by atoms with Crippen LogP contribution in [-0.4, -0.2) is 49.3 Å². The molecule has 0 unspecified atom stereocenters. The molecule has 5 rings (SSSR count). The fourth-order valence-electron chi connectivity index (χ4n) is 4.00. The lowest BCUT2D eigenvalue weighted by atomic mass is 10.1. The van der Waals surface area contributed by atoms with Crippen LogP contribution in [-0.2, 0) is 14.3 Å². The van der Waals surface area contributed by atoms with Gasteiger partial charge in [0.1, 0.15) is 23.7 Å². The first-order valence-electron chi connectivity index (χ1n) is 10.4. The van der Waals surface area contributed by atoms with Gasteiger partial charge in [0.15, 0.2) is 0 Å². The zero-order valence-electron chi connectivity index (χ0n) is 16.5. The third-order valence-electron chi connectivity index (χ3n) is 5.75. The quantitative estimate of drug-likeness (QED) is 0.766. The van der Waals surface area contributed by atoms with Crippen molar-refractivity contribution in [1.82, 2.24) is 10.6 Å². The molecule has 2 saturated heterocycles. The smallest absolute Gasteiger partial charge is 0.255 e. The standard InChI is InChI=1S/C23H24N2O5/c26-22(14-10-11-14)24-17-12-28-21-18(13-29-20(17)21)25-23(27)16-8-4-5-9-19(16)30-15-6-2-1-3-7-15/h1-9,14,17-18,20-21H,10-13H2,(H,24,26)(H,25,27)/t17-,18-,20+,21+/m0/s1. The van der Waals surface area contributed by atoms with Gasteiger partial charge < -0.3 is 24.8 Å². The van der Waals surface area contributed by atoms with E-state index in [0.717, 1.165) is 12.8 Å². The second-order valence-corrected chi connectivity index (χ2v) is 7.98. The molecule has 0 spiro atoms. The first kappa shape index (κ1) is 19.1. The molecule has 3 aliphatic rings. The average molecular weight is 408 g/mol. The van der Waals surface area contributed by atoms with E-state index in [2.05, 4.69) is 10.6 Å². The summed E-state index contributed by atoms with van der Waals surface area (Å²) in [5.74, 6) is 1.12. The third-order valence-corrected chi connectivity index (χ3v) is 5.75. The lowest BCUT2D eigenvalue weighted by Crippen LogP contribution is -2.47. The predicted octanol–water partition coefficient (Wildman–Crippen LogP) is 2.27. The van der Waals surface area contributed by atoms with Crippen molar-refractivity contribution in [3.8, 4) is 11.5 Å². The van der Waals surface area contributed by atoms with Crippen LogP contribution in [0.2, 0.25) is 0 Å². The molecule has 0 bridgehead atoms. The zero-order chi connectivity index (χ0) is 20.5. The van der Waals surface area contributed by atoms with Crippen molar-refractivity contribution >= 4 is 11.8 Å². The van der Waals surface area contributed by atoms with Gasteiger partial charge in [-0.15, -0.1) is 0 Å². The summed E-state index contributed by atoms with van der Waals surface area (Å²) in [4.78, 5) is 25.1. The number of amides is 2. The van der Waals surface area contributed by atoms with E-state index in [-0.39, 0.29) is 42.0 Å². The monoisotopic (exact) mass is 408 g/mol. The van der Waals surface area contributed by atoms with E-state index in [1.165, 1.54) is 0 Å². The van der Waals surface area contributed by atoms with E-state index < -0.39 is 0 Å². The van der Waals surface area contributed by atoms with E-state index in [4.69, 9.17) is 14.2 Å². The third kappa shape index (κ3) is 3.91. The molecule has 7 heteroatoms. The Morgan fingerprint density at radius 3 is 2.17 bits per heavy atom. The van der Waals surface area contributed by atoms with Gasteiger partial charge in [0.25, 0.3) is 5.91 Å². The molecule has 0 radical (unpaired) electrons. The molecule has 4 atom stereocenters. The second kappa shape index (κ2) is 8.08. The minimum absolute atomic E-state index is 0.0762. The Hall–Kier alpha value is -2.90. The molecular weight excluding hydrogens is 384 g/mol. The van der Waals surface area contributed by atoms with Crippen molar-refractivity contribution in [1.29, 1.82) is 0 Å². The van der Waals surface area contributed by atoms with Crippen LogP contribution in [0.3, 0.4) is 0 Å². The van der Waals surface area contributed by atoms with Gasteiger partial charge in [-0.1, -0.05) is 30.3 Å². The van der Waals surface area contributed by atoms with Crippen LogP contribution in [0.5, 0.6) is 11.5 Å². The normalized spacial score (nSPS) is 27.3. The van der Waals surface area contributed by atoms with Gasteiger partial charge in [0, 0.05) is 5.92 Å².